The first kappa shape index (κ1) is 21.9. The largest absolute Gasteiger partial charge is 0.332 e. The molecule has 0 heterocycles. The van der Waals surface area contributed by atoms with Crippen LogP contribution in [0.2, 0.25) is 0 Å². The van der Waals surface area contributed by atoms with Crippen molar-refractivity contribution in [3.8, 4) is 34.1 Å². The van der Waals surface area contributed by atoms with Crippen molar-refractivity contribution in [1.29, 1.82) is 0 Å². The van der Waals surface area contributed by atoms with E-state index in [4.69, 9.17) is 4.99 Å². The van der Waals surface area contributed by atoms with Crippen LogP contribution in [0.5, 0.6) is 0 Å². The van der Waals surface area contributed by atoms with Crippen LogP contribution in [0, 0.1) is 11.8 Å². The maximum absolute atomic E-state index is 5.01. The first-order chi connectivity index (χ1) is 17.4. The molecule has 2 nitrogen and oxygen atoms in total. The van der Waals surface area contributed by atoms with Gasteiger partial charge in [-0.05, 0) is 41.3 Å². The Balaban J connectivity index is 1.59. The molecule has 0 unspecified atom stereocenters. The Labute approximate surface area is 206 Å². The third-order valence-electron chi connectivity index (χ3n) is 5.59. The van der Waals surface area contributed by atoms with E-state index in [-0.39, 0.29) is 0 Å². The van der Waals surface area contributed by atoms with E-state index in [1.807, 2.05) is 97.1 Å². The smallest absolute Gasteiger partial charge is 0.183 e. The van der Waals surface area contributed by atoms with E-state index in [0.717, 1.165) is 39.2 Å². The van der Waals surface area contributed by atoms with Crippen LogP contribution in [0.25, 0.3) is 22.3 Å². The van der Waals surface area contributed by atoms with Crippen LogP contribution in [-0.2, 0) is 0 Å². The van der Waals surface area contributed by atoms with Crippen molar-refractivity contribution in [2.45, 2.75) is 0 Å². The monoisotopic (exact) mass is 448 g/mol. The Morgan fingerprint density at radius 3 is 1.71 bits per heavy atom. The molecule has 0 radical (unpaired) electrons. The molecule has 0 aromatic heterocycles. The molecule has 5 aromatic rings. The minimum Gasteiger partial charge on any atom is -0.332 e. The molecular formula is C33H24N2. The van der Waals surface area contributed by atoms with Gasteiger partial charge in [-0.3, -0.25) is 0 Å². The van der Waals surface area contributed by atoms with E-state index in [1.165, 1.54) is 0 Å². The summed E-state index contributed by atoms with van der Waals surface area (Å²) in [6.07, 6.45) is 0. The van der Waals surface area contributed by atoms with Crippen LogP contribution in [0.15, 0.2) is 145 Å². The van der Waals surface area contributed by atoms with Crippen LogP contribution < -0.4 is 5.32 Å². The summed E-state index contributed by atoms with van der Waals surface area (Å²) < 4.78 is 0. The molecule has 0 fully saturated rings. The highest BCUT2D eigenvalue weighted by Crippen LogP contribution is 2.31. The fourth-order valence-electron chi connectivity index (χ4n) is 3.88. The zero-order chi connectivity index (χ0) is 23.7. The molecule has 0 bridgehead atoms. The highest BCUT2D eigenvalue weighted by atomic mass is 15.0. The van der Waals surface area contributed by atoms with E-state index >= 15 is 0 Å². The van der Waals surface area contributed by atoms with Gasteiger partial charge in [0, 0.05) is 22.4 Å². The summed E-state index contributed by atoms with van der Waals surface area (Å²) in [5.41, 5.74) is 7.17. The van der Waals surface area contributed by atoms with E-state index in [9.17, 15) is 0 Å². The number of hydrogen-bond acceptors (Lipinski definition) is 1. The number of hydrogen-bond donors (Lipinski definition) is 1. The molecule has 5 aromatic carbocycles. The minimum atomic E-state index is 0.584. The number of aliphatic imine (C=N–C) groups is 1. The number of anilines is 1. The molecule has 0 amide bonds. The normalized spacial score (nSPS) is 10.8. The number of benzene rings is 5. The predicted molar refractivity (Wildman–Crippen MR) is 148 cm³/mol. The SMILES string of the molecule is C(#Cc1ccccc1)C(=Nc1ccccc1-c1ccccc1)Nc1ccccc1-c1ccccc1. The van der Waals surface area contributed by atoms with E-state index in [0.29, 0.717) is 5.84 Å². The van der Waals surface area contributed by atoms with Gasteiger partial charge in [0.25, 0.3) is 0 Å². The Hall–Kier alpha value is -4.87. The molecule has 1 N–H and O–H groups in total. The standard InChI is InChI=1S/C33H24N2/c1-4-14-26(15-5-1)24-25-33(34-31-22-12-10-20-29(31)27-16-6-2-7-17-27)35-32-23-13-11-21-30(32)28-18-8-3-9-19-28/h1-23H,(H,34,35). The summed E-state index contributed by atoms with van der Waals surface area (Å²) in [5, 5.41) is 3.52. The van der Waals surface area contributed by atoms with Crippen molar-refractivity contribution in [3.05, 3.63) is 145 Å². The fraction of sp³-hybridized carbons (Fsp3) is 0. The summed E-state index contributed by atoms with van der Waals surface area (Å²) in [4.78, 5) is 5.01. The number of nitrogens with zero attached hydrogens (tertiary/aromatic N) is 1. The molecule has 0 aliphatic rings. The molecule has 166 valence electrons. The van der Waals surface area contributed by atoms with Gasteiger partial charge >= 0.3 is 0 Å². The summed E-state index contributed by atoms with van der Waals surface area (Å²) in [7, 11) is 0. The maximum atomic E-state index is 5.01. The predicted octanol–water partition coefficient (Wildman–Crippen LogP) is 8.21. The number of para-hydroxylation sites is 2. The lowest BCUT2D eigenvalue weighted by molar-refractivity contribution is 1.48. The van der Waals surface area contributed by atoms with Crippen molar-refractivity contribution in [3.63, 3.8) is 0 Å². The van der Waals surface area contributed by atoms with Crippen LogP contribution in [-0.4, -0.2) is 5.84 Å². The Morgan fingerprint density at radius 2 is 1.03 bits per heavy atom. The molecule has 35 heavy (non-hydrogen) atoms. The van der Waals surface area contributed by atoms with Crippen molar-refractivity contribution in [1.82, 2.24) is 0 Å². The Morgan fingerprint density at radius 1 is 0.514 bits per heavy atom. The van der Waals surface area contributed by atoms with Gasteiger partial charge in [-0.2, -0.15) is 0 Å². The molecule has 5 rings (SSSR count). The highest BCUT2D eigenvalue weighted by molar-refractivity contribution is 6.11. The number of amidine groups is 1. The van der Waals surface area contributed by atoms with Crippen molar-refractivity contribution in [2.75, 3.05) is 5.32 Å². The molecule has 0 aliphatic heterocycles. The van der Waals surface area contributed by atoms with E-state index < -0.39 is 0 Å². The first-order valence-electron chi connectivity index (χ1n) is 11.6. The fourth-order valence-corrected chi connectivity index (χ4v) is 3.88. The van der Waals surface area contributed by atoms with Crippen molar-refractivity contribution < 1.29 is 0 Å². The van der Waals surface area contributed by atoms with Crippen LogP contribution in [0.4, 0.5) is 11.4 Å². The molecule has 0 spiro atoms. The lowest BCUT2D eigenvalue weighted by atomic mass is 10.0. The van der Waals surface area contributed by atoms with Gasteiger partial charge < -0.3 is 5.32 Å². The van der Waals surface area contributed by atoms with Gasteiger partial charge in [-0.1, -0.05) is 121 Å². The summed E-state index contributed by atoms with van der Waals surface area (Å²) in [6, 6.07) is 47.0. The van der Waals surface area contributed by atoms with Crippen molar-refractivity contribution in [2.24, 2.45) is 4.99 Å². The average molecular weight is 449 g/mol. The third-order valence-corrected chi connectivity index (χ3v) is 5.59. The van der Waals surface area contributed by atoms with Gasteiger partial charge in [-0.25, -0.2) is 4.99 Å². The topological polar surface area (TPSA) is 24.4 Å². The van der Waals surface area contributed by atoms with Crippen LogP contribution in [0.1, 0.15) is 5.56 Å². The lowest BCUT2D eigenvalue weighted by Gasteiger charge is -2.12. The second-order valence-corrected chi connectivity index (χ2v) is 8.00. The lowest BCUT2D eigenvalue weighted by Crippen LogP contribution is -2.10. The Kier molecular flexibility index (Phi) is 6.79. The minimum absolute atomic E-state index is 0.584. The van der Waals surface area contributed by atoms with Gasteiger partial charge in [0.1, 0.15) is 0 Å². The maximum Gasteiger partial charge on any atom is 0.183 e. The molecule has 0 saturated carbocycles. The highest BCUT2D eigenvalue weighted by Gasteiger charge is 2.08. The van der Waals surface area contributed by atoms with E-state index in [2.05, 4.69) is 59.6 Å². The molecule has 0 aliphatic carbocycles. The first-order valence-corrected chi connectivity index (χ1v) is 11.6. The van der Waals surface area contributed by atoms with Crippen LogP contribution in [0.3, 0.4) is 0 Å². The Bertz CT molecular complexity index is 1490. The summed E-state index contributed by atoms with van der Waals surface area (Å²) in [5.74, 6) is 7.12. The molecule has 0 atom stereocenters. The molecule has 0 saturated heterocycles. The molecule has 2 heteroatoms. The van der Waals surface area contributed by atoms with Crippen LogP contribution >= 0.6 is 0 Å². The zero-order valence-electron chi connectivity index (χ0n) is 19.2. The summed E-state index contributed by atoms with van der Waals surface area (Å²) in [6.45, 7) is 0. The van der Waals surface area contributed by atoms with Crippen molar-refractivity contribution >= 4 is 17.2 Å². The number of rotatable bonds is 4. The summed E-state index contributed by atoms with van der Waals surface area (Å²) >= 11 is 0. The van der Waals surface area contributed by atoms with Gasteiger partial charge in [0.2, 0.25) is 0 Å². The third kappa shape index (κ3) is 5.55. The zero-order valence-corrected chi connectivity index (χ0v) is 19.2. The average Bonchev–Trinajstić information content (AvgIpc) is 2.94. The quantitative estimate of drug-likeness (QED) is 0.167. The van der Waals surface area contributed by atoms with E-state index in [1.54, 1.807) is 0 Å². The molecular weight excluding hydrogens is 424 g/mol. The number of nitrogens with one attached hydrogen (secondary N) is 1. The van der Waals surface area contributed by atoms with Gasteiger partial charge in [-0.15, -0.1) is 0 Å². The second kappa shape index (κ2) is 10.8. The van der Waals surface area contributed by atoms with Gasteiger partial charge in [0.15, 0.2) is 5.84 Å². The second-order valence-electron chi connectivity index (χ2n) is 8.00. The van der Waals surface area contributed by atoms with Gasteiger partial charge in [0.05, 0.1) is 5.69 Å².